The van der Waals surface area contributed by atoms with Crippen molar-refractivity contribution in [3.8, 4) is 17.6 Å². The smallest absolute Gasteiger partial charge is 0.121 e. The molecule has 0 aromatic heterocycles. The summed E-state index contributed by atoms with van der Waals surface area (Å²) < 4.78 is 5.86. The molecule has 0 saturated carbocycles. The van der Waals surface area contributed by atoms with E-state index in [9.17, 15) is 5.11 Å². The van der Waals surface area contributed by atoms with Gasteiger partial charge in [-0.15, -0.1) is 0 Å². The highest BCUT2D eigenvalue weighted by Gasteiger charge is 2.05. The topological polar surface area (TPSA) is 29.5 Å². The first kappa shape index (κ1) is 19.3. The Kier molecular flexibility index (Phi) is 6.42. The third-order valence-electron chi connectivity index (χ3n) is 3.96. The average Bonchev–Trinajstić information content (AvgIpc) is 2.66. The second-order valence-electron chi connectivity index (χ2n) is 6.16. The second-order valence-corrected chi connectivity index (χ2v) is 7.01. The van der Waals surface area contributed by atoms with Crippen molar-refractivity contribution in [3.63, 3.8) is 0 Å². The molecule has 3 rings (SSSR count). The molecule has 0 radical (unpaired) electrons. The molecule has 0 fully saturated rings. The first-order valence-electron chi connectivity index (χ1n) is 8.44. The molecule has 0 aliphatic rings. The van der Waals surface area contributed by atoms with Crippen LogP contribution >= 0.6 is 23.2 Å². The largest absolute Gasteiger partial charge is 0.489 e. The highest BCUT2D eigenvalue weighted by molar-refractivity contribution is 6.35. The van der Waals surface area contributed by atoms with E-state index in [-0.39, 0.29) is 6.61 Å². The first-order valence-corrected chi connectivity index (χ1v) is 9.19. The van der Waals surface area contributed by atoms with Crippen molar-refractivity contribution >= 4 is 23.2 Å². The first-order chi connectivity index (χ1) is 13.0. The molecule has 27 heavy (non-hydrogen) atoms. The van der Waals surface area contributed by atoms with Crippen LogP contribution in [-0.2, 0) is 13.2 Å². The minimum atomic E-state index is -0.0852. The Labute approximate surface area is 169 Å². The van der Waals surface area contributed by atoms with Gasteiger partial charge in [0.1, 0.15) is 12.4 Å². The lowest BCUT2D eigenvalue weighted by Crippen LogP contribution is -1.98. The summed E-state index contributed by atoms with van der Waals surface area (Å²) in [5, 5.41) is 10.7. The van der Waals surface area contributed by atoms with Crippen molar-refractivity contribution in [2.24, 2.45) is 0 Å². The van der Waals surface area contributed by atoms with Gasteiger partial charge in [0.25, 0.3) is 0 Å². The minimum Gasteiger partial charge on any atom is -0.489 e. The van der Waals surface area contributed by atoms with Crippen molar-refractivity contribution in [2.75, 3.05) is 0 Å². The summed E-state index contributed by atoms with van der Waals surface area (Å²) in [7, 11) is 0. The van der Waals surface area contributed by atoms with Gasteiger partial charge < -0.3 is 9.84 Å². The predicted octanol–water partition coefficient (Wildman–Crippen LogP) is 5.77. The van der Waals surface area contributed by atoms with Gasteiger partial charge >= 0.3 is 0 Å². The second kappa shape index (κ2) is 8.97. The fraction of sp³-hybridized carbons (Fsp3) is 0.130. The molecule has 3 aromatic rings. The highest BCUT2D eigenvalue weighted by Crippen LogP contribution is 2.24. The number of hydrogen-bond donors (Lipinski definition) is 1. The number of ether oxygens (including phenoxy) is 1. The van der Waals surface area contributed by atoms with Crippen LogP contribution in [0.3, 0.4) is 0 Å². The highest BCUT2D eigenvalue weighted by atomic mass is 35.5. The van der Waals surface area contributed by atoms with Crippen LogP contribution in [0.15, 0.2) is 60.7 Å². The molecule has 3 aromatic carbocycles. The van der Waals surface area contributed by atoms with Gasteiger partial charge in [0, 0.05) is 26.7 Å². The van der Waals surface area contributed by atoms with Crippen molar-refractivity contribution in [1.82, 2.24) is 0 Å². The van der Waals surface area contributed by atoms with E-state index < -0.39 is 0 Å². The quantitative estimate of drug-likeness (QED) is 0.566. The lowest BCUT2D eigenvalue weighted by molar-refractivity contribution is 0.278. The summed E-state index contributed by atoms with van der Waals surface area (Å²) in [4.78, 5) is 0. The van der Waals surface area contributed by atoms with Gasteiger partial charge in [0.05, 0.1) is 6.61 Å². The average molecular weight is 397 g/mol. The molecule has 0 saturated heterocycles. The molecule has 136 valence electrons. The molecular formula is C23H18Cl2O2. The number of benzene rings is 3. The summed E-state index contributed by atoms with van der Waals surface area (Å²) in [6.45, 7) is 2.26. The molecule has 0 unspecified atom stereocenters. The van der Waals surface area contributed by atoms with Crippen molar-refractivity contribution < 1.29 is 9.84 Å². The number of aliphatic hydroxyl groups excluding tert-OH is 1. The van der Waals surface area contributed by atoms with E-state index in [1.54, 1.807) is 18.2 Å². The molecular weight excluding hydrogens is 379 g/mol. The third kappa shape index (κ3) is 5.52. The van der Waals surface area contributed by atoms with Crippen LogP contribution in [0, 0.1) is 18.8 Å². The summed E-state index contributed by atoms with van der Waals surface area (Å²) in [6.07, 6.45) is 0. The van der Waals surface area contributed by atoms with Crippen LogP contribution in [0.5, 0.6) is 5.75 Å². The fourth-order valence-corrected chi connectivity index (χ4v) is 2.95. The Balaban J connectivity index is 1.80. The van der Waals surface area contributed by atoms with Crippen molar-refractivity contribution in [3.05, 3.63) is 98.5 Å². The zero-order chi connectivity index (χ0) is 19.2. The molecule has 0 bridgehead atoms. The summed E-state index contributed by atoms with van der Waals surface area (Å²) in [5.74, 6) is 6.89. The van der Waals surface area contributed by atoms with E-state index in [2.05, 4.69) is 11.8 Å². The van der Waals surface area contributed by atoms with Crippen LogP contribution in [-0.4, -0.2) is 5.11 Å². The SMILES string of the molecule is Cc1ccc(C#Cc2cc(CO)cc(OCc3ccc(Cl)cc3Cl)c2)cc1. The van der Waals surface area contributed by atoms with E-state index >= 15 is 0 Å². The van der Waals surface area contributed by atoms with E-state index in [1.807, 2.05) is 49.4 Å². The number of halogens is 2. The van der Waals surface area contributed by atoms with Crippen LogP contribution in [0.1, 0.15) is 27.8 Å². The van der Waals surface area contributed by atoms with Crippen LogP contribution in [0.25, 0.3) is 0 Å². The predicted molar refractivity (Wildman–Crippen MR) is 110 cm³/mol. The normalized spacial score (nSPS) is 10.2. The molecule has 0 aliphatic heterocycles. The van der Waals surface area contributed by atoms with Gasteiger partial charge in [-0.2, -0.15) is 0 Å². The Morgan fingerprint density at radius 2 is 1.63 bits per heavy atom. The zero-order valence-electron chi connectivity index (χ0n) is 14.8. The van der Waals surface area contributed by atoms with E-state index in [4.69, 9.17) is 27.9 Å². The van der Waals surface area contributed by atoms with Crippen molar-refractivity contribution in [2.45, 2.75) is 20.1 Å². The summed E-state index contributed by atoms with van der Waals surface area (Å²) in [5.41, 5.74) is 4.48. The monoisotopic (exact) mass is 396 g/mol. The third-order valence-corrected chi connectivity index (χ3v) is 4.55. The number of aliphatic hydroxyl groups is 1. The molecule has 2 nitrogen and oxygen atoms in total. The summed E-state index contributed by atoms with van der Waals surface area (Å²) in [6, 6.07) is 18.8. The lowest BCUT2D eigenvalue weighted by Gasteiger charge is -2.10. The van der Waals surface area contributed by atoms with Gasteiger partial charge in [-0.05, 0) is 55.0 Å². The van der Waals surface area contributed by atoms with E-state index in [0.29, 0.717) is 22.4 Å². The van der Waals surface area contributed by atoms with Gasteiger partial charge in [0.15, 0.2) is 0 Å². The maximum Gasteiger partial charge on any atom is 0.121 e. The lowest BCUT2D eigenvalue weighted by atomic mass is 10.1. The zero-order valence-corrected chi connectivity index (χ0v) is 16.3. The molecule has 0 aliphatic carbocycles. The Hall–Kier alpha value is -2.44. The molecule has 0 amide bonds. The molecule has 0 heterocycles. The Morgan fingerprint density at radius 1 is 0.889 bits per heavy atom. The van der Waals surface area contributed by atoms with Crippen molar-refractivity contribution in [1.29, 1.82) is 0 Å². The number of hydrogen-bond acceptors (Lipinski definition) is 2. The van der Waals surface area contributed by atoms with E-state index in [0.717, 1.165) is 22.3 Å². The van der Waals surface area contributed by atoms with Gasteiger partial charge in [-0.3, -0.25) is 0 Å². The van der Waals surface area contributed by atoms with Crippen LogP contribution in [0.2, 0.25) is 10.0 Å². The molecule has 0 spiro atoms. The van der Waals surface area contributed by atoms with Gasteiger partial charge in [-0.25, -0.2) is 0 Å². The molecule has 0 atom stereocenters. The minimum absolute atomic E-state index is 0.0852. The fourth-order valence-electron chi connectivity index (χ4n) is 2.49. The summed E-state index contributed by atoms with van der Waals surface area (Å²) >= 11 is 12.1. The van der Waals surface area contributed by atoms with Gasteiger partial charge in [-0.1, -0.05) is 58.8 Å². The van der Waals surface area contributed by atoms with Crippen LogP contribution < -0.4 is 4.74 Å². The molecule has 4 heteroatoms. The Morgan fingerprint density at radius 3 is 2.33 bits per heavy atom. The van der Waals surface area contributed by atoms with Gasteiger partial charge in [0.2, 0.25) is 0 Å². The number of aryl methyl sites for hydroxylation is 1. The van der Waals surface area contributed by atoms with Crippen LogP contribution in [0.4, 0.5) is 0 Å². The standard InChI is InChI=1S/C23H18Cl2O2/c1-16-2-4-17(5-3-16)6-7-18-10-19(14-26)12-22(11-18)27-15-20-8-9-21(24)13-23(20)25/h2-5,8-13,26H,14-15H2,1H3. The Bertz CT molecular complexity index is 999. The van der Waals surface area contributed by atoms with E-state index in [1.165, 1.54) is 5.56 Å². The molecule has 1 N–H and O–H groups in total. The maximum absolute atomic E-state index is 9.52. The number of rotatable bonds is 4. The maximum atomic E-state index is 9.52.